The van der Waals surface area contributed by atoms with Gasteiger partial charge in [0.25, 0.3) is 0 Å². The number of nitrogens with zero attached hydrogens (tertiary/aromatic N) is 2. The topological polar surface area (TPSA) is 104 Å². The van der Waals surface area contributed by atoms with Crippen LogP contribution in [0.15, 0.2) is 53.0 Å². The van der Waals surface area contributed by atoms with Gasteiger partial charge < -0.3 is 21.1 Å². The van der Waals surface area contributed by atoms with Crippen LogP contribution < -0.4 is 16.5 Å². The molecule has 3 rings (SSSR count). The highest BCUT2D eigenvalue weighted by molar-refractivity contribution is 9.10. The second-order valence-corrected chi connectivity index (χ2v) is 6.49. The van der Waals surface area contributed by atoms with E-state index < -0.39 is 7.12 Å². The van der Waals surface area contributed by atoms with Crippen molar-refractivity contribution in [2.45, 2.75) is 6.92 Å². The molecule has 6 nitrogen and oxygen atoms in total. The second kappa shape index (κ2) is 7.22. The van der Waals surface area contributed by atoms with Gasteiger partial charge in [-0.05, 0) is 42.2 Å². The van der Waals surface area contributed by atoms with E-state index in [9.17, 15) is 0 Å². The zero-order valence-electron chi connectivity index (χ0n) is 13.4. The van der Waals surface area contributed by atoms with E-state index in [0.717, 1.165) is 27.0 Å². The number of nitrogens with one attached hydrogen (secondary N) is 1. The molecule has 5 N–H and O–H groups in total. The van der Waals surface area contributed by atoms with Gasteiger partial charge in [0.15, 0.2) is 0 Å². The minimum Gasteiger partial charge on any atom is -0.423 e. The van der Waals surface area contributed by atoms with Crippen LogP contribution in [-0.2, 0) is 0 Å². The molecule has 0 bridgehead atoms. The highest BCUT2D eigenvalue weighted by atomic mass is 79.9. The average molecular weight is 399 g/mol. The van der Waals surface area contributed by atoms with Crippen LogP contribution in [-0.4, -0.2) is 27.1 Å². The lowest BCUT2D eigenvalue weighted by Gasteiger charge is -2.11. The van der Waals surface area contributed by atoms with Gasteiger partial charge in [-0.2, -0.15) is 4.98 Å². The van der Waals surface area contributed by atoms with E-state index in [-0.39, 0.29) is 5.95 Å². The molecule has 0 aliphatic carbocycles. The Labute approximate surface area is 154 Å². The Kier molecular flexibility index (Phi) is 5.03. The van der Waals surface area contributed by atoms with Crippen molar-refractivity contribution in [3.63, 3.8) is 0 Å². The summed E-state index contributed by atoms with van der Waals surface area (Å²) in [5, 5.41) is 21.4. The van der Waals surface area contributed by atoms with Gasteiger partial charge in [-0.15, -0.1) is 0 Å². The minimum absolute atomic E-state index is 0.168. The van der Waals surface area contributed by atoms with Crippen LogP contribution in [0, 0.1) is 6.92 Å². The summed E-state index contributed by atoms with van der Waals surface area (Å²) < 4.78 is 0.956. The van der Waals surface area contributed by atoms with Crippen LogP contribution in [0.25, 0.3) is 11.3 Å². The number of rotatable bonds is 4. The Balaban J connectivity index is 1.93. The maximum Gasteiger partial charge on any atom is 0.488 e. The zero-order valence-corrected chi connectivity index (χ0v) is 15.0. The van der Waals surface area contributed by atoms with Crippen molar-refractivity contribution in [1.29, 1.82) is 0 Å². The monoisotopic (exact) mass is 398 g/mol. The molecule has 0 aliphatic heterocycles. The number of aryl methyl sites for hydroxylation is 1. The molecule has 0 unspecified atom stereocenters. The van der Waals surface area contributed by atoms with Crippen molar-refractivity contribution in [3.8, 4) is 11.3 Å². The predicted octanol–water partition coefficient (Wildman–Crippen LogP) is 2.22. The van der Waals surface area contributed by atoms with Crippen LogP contribution in [0.3, 0.4) is 0 Å². The number of nitrogen functional groups attached to an aromatic ring is 1. The molecule has 0 fully saturated rings. The first kappa shape index (κ1) is 17.4. The number of hydrogen-bond donors (Lipinski definition) is 4. The summed E-state index contributed by atoms with van der Waals surface area (Å²) in [6, 6.07) is 14.5. The Morgan fingerprint density at radius 2 is 1.76 bits per heavy atom. The molecule has 25 heavy (non-hydrogen) atoms. The van der Waals surface area contributed by atoms with Gasteiger partial charge in [0, 0.05) is 21.8 Å². The highest BCUT2D eigenvalue weighted by Crippen LogP contribution is 2.28. The lowest BCUT2D eigenvalue weighted by molar-refractivity contribution is 0.426. The Bertz CT molecular complexity index is 904. The maximum atomic E-state index is 9.15. The van der Waals surface area contributed by atoms with E-state index in [2.05, 4.69) is 31.2 Å². The molecule has 0 saturated heterocycles. The van der Waals surface area contributed by atoms with Crippen LogP contribution >= 0.6 is 15.9 Å². The van der Waals surface area contributed by atoms with Gasteiger partial charge >= 0.3 is 7.12 Å². The Hall–Kier alpha value is -2.42. The molecule has 0 amide bonds. The van der Waals surface area contributed by atoms with E-state index in [0.29, 0.717) is 11.3 Å². The van der Waals surface area contributed by atoms with Gasteiger partial charge in [-0.1, -0.05) is 34.1 Å². The third-order valence-corrected chi connectivity index (χ3v) is 4.19. The SMILES string of the molecule is Cc1ccc(Br)cc1-c1cc(Nc2ccc(B(O)O)cc2)nc(N)n1. The summed E-state index contributed by atoms with van der Waals surface area (Å²) in [4.78, 5) is 8.53. The summed E-state index contributed by atoms with van der Waals surface area (Å²) in [5.41, 5.74) is 9.79. The lowest BCUT2D eigenvalue weighted by Crippen LogP contribution is -2.29. The number of nitrogens with two attached hydrogens (primary N) is 1. The molecule has 0 spiro atoms. The number of anilines is 3. The third-order valence-electron chi connectivity index (χ3n) is 3.70. The molecule has 0 radical (unpaired) electrons. The second-order valence-electron chi connectivity index (χ2n) is 5.58. The Morgan fingerprint density at radius 1 is 1.04 bits per heavy atom. The van der Waals surface area contributed by atoms with Gasteiger partial charge in [-0.3, -0.25) is 0 Å². The molecule has 2 aromatic carbocycles. The molecule has 126 valence electrons. The average Bonchev–Trinajstić information content (AvgIpc) is 2.57. The summed E-state index contributed by atoms with van der Waals surface area (Å²) >= 11 is 3.47. The normalized spacial score (nSPS) is 10.6. The molecule has 3 aromatic rings. The van der Waals surface area contributed by atoms with Crippen molar-refractivity contribution in [2.75, 3.05) is 11.1 Å². The van der Waals surface area contributed by atoms with E-state index in [4.69, 9.17) is 15.8 Å². The predicted molar refractivity (Wildman–Crippen MR) is 104 cm³/mol. The van der Waals surface area contributed by atoms with Crippen molar-refractivity contribution in [2.24, 2.45) is 0 Å². The smallest absolute Gasteiger partial charge is 0.423 e. The van der Waals surface area contributed by atoms with Gasteiger partial charge in [0.05, 0.1) is 5.69 Å². The molecule has 0 aliphatic rings. The van der Waals surface area contributed by atoms with E-state index in [1.165, 1.54) is 0 Å². The van der Waals surface area contributed by atoms with Crippen molar-refractivity contribution < 1.29 is 10.0 Å². The molecule has 0 saturated carbocycles. The van der Waals surface area contributed by atoms with E-state index in [1.807, 2.05) is 31.2 Å². The first-order chi connectivity index (χ1) is 11.9. The minimum atomic E-state index is -1.49. The quantitative estimate of drug-likeness (QED) is 0.502. The van der Waals surface area contributed by atoms with Crippen molar-refractivity contribution >= 4 is 46.0 Å². The fraction of sp³-hybridized carbons (Fsp3) is 0.0588. The first-order valence-electron chi connectivity index (χ1n) is 7.56. The summed E-state index contributed by atoms with van der Waals surface area (Å²) in [7, 11) is -1.49. The van der Waals surface area contributed by atoms with Crippen LogP contribution in [0.1, 0.15) is 5.56 Å². The highest BCUT2D eigenvalue weighted by Gasteiger charge is 2.11. The molecule has 0 atom stereocenters. The number of hydrogen-bond acceptors (Lipinski definition) is 6. The summed E-state index contributed by atoms with van der Waals surface area (Å²) in [6.45, 7) is 2.01. The molecular weight excluding hydrogens is 383 g/mol. The van der Waals surface area contributed by atoms with E-state index >= 15 is 0 Å². The Morgan fingerprint density at radius 3 is 2.44 bits per heavy atom. The first-order valence-corrected chi connectivity index (χ1v) is 8.36. The van der Waals surface area contributed by atoms with Gasteiger partial charge in [-0.25, -0.2) is 4.98 Å². The van der Waals surface area contributed by atoms with Gasteiger partial charge in [0.1, 0.15) is 5.82 Å². The maximum absolute atomic E-state index is 9.15. The summed E-state index contributed by atoms with van der Waals surface area (Å²) in [5.74, 6) is 0.723. The summed E-state index contributed by atoms with van der Waals surface area (Å²) in [6.07, 6.45) is 0. The van der Waals surface area contributed by atoms with Crippen LogP contribution in [0.5, 0.6) is 0 Å². The molecule has 8 heteroatoms. The van der Waals surface area contributed by atoms with Crippen molar-refractivity contribution in [1.82, 2.24) is 9.97 Å². The van der Waals surface area contributed by atoms with Crippen LogP contribution in [0.2, 0.25) is 0 Å². The molecular formula is C17H16BBrN4O2. The zero-order chi connectivity index (χ0) is 18.0. The number of benzene rings is 2. The lowest BCUT2D eigenvalue weighted by atomic mass is 9.80. The molecule has 1 aromatic heterocycles. The largest absolute Gasteiger partial charge is 0.488 e. The third kappa shape index (κ3) is 4.17. The fourth-order valence-electron chi connectivity index (χ4n) is 2.42. The number of aromatic nitrogens is 2. The standard InChI is InChI=1S/C17H16BBrN4O2/c1-10-2-5-12(19)8-14(10)15-9-16(23-17(20)22-15)21-13-6-3-11(4-7-13)18(24)25/h2-9,24-25H,1H3,(H3,20,21,22,23). The van der Waals surface area contributed by atoms with Crippen molar-refractivity contribution in [3.05, 3.63) is 58.6 Å². The van der Waals surface area contributed by atoms with Crippen LogP contribution in [0.4, 0.5) is 17.5 Å². The number of halogens is 1. The van der Waals surface area contributed by atoms with Gasteiger partial charge in [0.2, 0.25) is 5.95 Å². The molecule has 1 heterocycles. The fourth-order valence-corrected chi connectivity index (χ4v) is 2.79. The van der Waals surface area contributed by atoms with E-state index in [1.54, 1.807) is 24.3 Å².